The van der Waals surface area contributed by atoms with E-state index in [0.717, 1.165) is 5.56 Å². The van der Waals surface area contributed by atoms with Crippen LogP contribution in [0.5, 0.6) is 0 Å². The van der Waals surface area contributed by atoms with Crippen LogP contribution in [0.25, 0.3) is 0 Å². The van der Waals surface area contributed by atoms with Gasteiger partial charge in [-0.05, 0) is 31.5 Å². The van der Waals surface area contributed by atoms with Crippen LogP contribution in [0.3, 0.4) is 0 Å². The van der Waals surface area contributed by atoms with Gasteiger partial charge in [0.05, 0.1) is 6.04 Å². The smallest absolute Gasteiger partial charge is 0.318 e. The van der Waals surface area contributed by atoms with Crippen molar-refractivity contribution in [3.63, 3.8) is 0 Å². The normalized spacial score (nSPS) is 13.7. The molecule has 1 aromatic carbocycles. The number of hydrogen-bond acceptors (Lipinski definition) is 3. The first kappa shape index (κ1) is 15.8. The number of amides is 3. The van der Waals surface area contributed by atoms with E-state index in [-0.39, 0.29) is 6.04 Å². The van der Waals surface area contributed by atoms with Gasteiger partial charge in [-0.2, -0.15) is 0 Å². The Bertz CT molecular complexity index is 494. The van der Waals surface area contributed by atoms with Gasteiger partial charge in [0.2, 0.25) is 5.91 Å². The summed E-state index contributed by atoms with van der Waals surface area (Å²) in [6.45, 7) is 3.47. The summed E-state index contributed by atoms with van der Waals surface area (Å²) >= 11 is 11.9. The second-order valence-corrected chi connectivity index (χ2v) is 4.97. The van der Waals surface area contributed by atoms with E-state index in [1.54, 1.807) is 25.1 Å². The Kier molecular flexibility index (Phi) is 5.60. The Hall–Kier alpha value is -1.30. The summed E-state index contributed by atoms with van der Waals surface area (Å²) in [5.74, 6) is -0.496. The molecule has 1 aromatic rings. The highest BCUT2D eigenvalue weighted by Crippen LogP contribution is 2.26. The zero-order chi connectivity index (χ0) is 14.6. The van der Waals surface area contributed by atoms with Crippen LogP contribution in [-0.2, 0) is 4.79 Å². The average molecular weight is 304 g/mol. The number of benzene rings is 1. The van der Waals surface area contributed by atoms with Crippen molar-refractivity contribution in [3.8, 4) is 0 Å². The molecule has 7 heteroatoms. The van der Waals surface area contributed by atoms with Crippen molar-refractivity contribution in [3.05, 3.63) is 33.8 Å². The molecule has 104 valence electrons. The molecule has 2 atom stereocenters. The highest BCUT2D eigenvalue weighted by molar-refractivity contribution is 6.35. The van der Waals surface area contributed by atoms with Gasteiger partial charge in [-0.1, -0.05) is 29.3 Å². The van der Waals surface area contributed by atoms with E-state index in [0.29, 0.717) is 10.0 Å². The third kappa shape index (κ3) is 4.70. The van der Waals surface area contributed by atoms with Gasteiger partial charge in [0.1, 0.15) is 0 Å². The zero-order valence-corrected chi connectivity index (χ0v) is 12.0. The molecular weight excluding hydrogens is 289 g/mol. The van der Waals surface area contributed by atoms with E-state index < -0.39 is 18.0 Å². The van der Waals surface area contributed by atoms with Crippen molar-refractivity contribution in [1.29, 1.82) is 0 Å². The van der Waals surface area contributed by atoms with E-state index >= 15 is 0 Å². The Labute approximate surface area is 121 Å². The number of carbonyl (C=O) groups is 2. The third-order valence-electron chi connectivity index (χ3n) is 2.57. The number of nitrogens with one attached hydrogen (secondary N) is 2. The van der Waals surface area contributed by atoms with Gasteiger partial charge < -0.3 is 5.73 Å². The highest BCUT2D eigenvalue weighted by atomic mass is 35.5. The molecule has 0 spiro atoms. The molecule has 0 saturated carbocycles. The van der Waals surface area contributed by atoms with Crippen LogP contribution in [0.2, 0.25) is 10.0 Å². The summed E-state index contributed by atoms with van der Waals surface area (Å²) < 4.78 is 0. The fourth-order valence-electron chi connectivity index (χ4n) is 1.62. The lowest BCUT2D eigenvalue weighted by Gasteiger charge is -2.20. The van der Waals surface area contributed by atoms with Gasteiger partial charge in [-0.3, -0.25) is 15.4 Å². The number of imide groups is 1. The lowest BCUT2D eigenvalue weighted by Crippen LogP contribution is -2.47. The minimum atomic E-state index is -0.879. The second-order valence-electron chi connectivity index (χ2n) is 4.13. The van der Waals surface area contributed by atoms with Crippen molar-refractivity contribution in [1.82, 2.24) is 10.6 Å². The molecular formula is C12H15Cl2N3O2. The van der Waals surface area contributed by atoms with Crippen molar-refractivity contribution in [2.75, 3.05) is 0 Å². The number of halogens is 2. The minimum absolute atomic E-state index is 0.182. The van der Waals surface area contributed by atoms with E-state index in [9.17, 15) is 9.59 Å². The Balaban J connectivity index is 2.71. The van der Waals surface area contributed by atoms with Crippen LogP contribution >= 0.6 is 23.2 Å². The standard InChI is InChI=1S/C12H15Cl2N3O2/c1-6(9-4-3-8(13)5-10(9)14)16-7(2)11(18)17-12(15)19/h3-7,16H,1-2H3,(H3,15,17,18,19)/t6-,7-/m1/s1. The molecule has 0 bridgehead atoms. The highest BCUT2D eigenvalue weighted by Gasteiger charge is 2.18. The number of carbonyl (C=O) groups excluding carboxylic acids is 2. The zero-order valence-electron chi connectivity index (χ0n) is 10.5. The fourth-order valence-corrected chi connectivity index (χ4v) is 2.19. The topological polar surface area (TPSA) is 84.2 Å². The molecule has 0 aliphatic carbocycles. The van der Waals surface area contributed by atoms with E-state index in [4.69, 9.17) is 28.9 Å². The second kappa shape index (κ2) is 6.75. The Morgan fingerprint density at radius 2 is 1.89 bits per heavy atom. The van der Waals surface area contributed by atoms with Gasteiger partial charge in [0.25, 0.3) is 0 Å². The van der Waals surface area contributed by atoms with Crippen LogP contribution < -0.4 is 16.4 Å². The van der Waals surface area contributed by atoms with E-state index in [1.165, 1.54) is 0 Å². The number of urea groups is 1. The number of nitrogens with two attached hydrogens (primary N) is 1. The van der Waals surface area contributed by atoms with Gasteiger partial charge >= 0.3 is 6.03 Å². The Morgan fingerprint density at radius 3 is 2.42 bits per heavy atom. The largest absolute Gasteiger partial charge is 0.351 e. The average Bonchev–Trinajstić information content (AvgIpc) is 2.27. The maximum Gasteiger partial charge on any atom is 0.318 e. The molecule has 3 amide bonds. The van der Waals surface area contributed by atoms with Crippen molar-refractivity contribution < 1.29 is 9.59 Å². The molecule has 4 N–H and O–H groups in total. The predicted molar refractivity (Wildman–Crippen MR) is 75.2 cm³/mol. The van der Waals surface area contributed by atoms with Gasteiger partial charge in [0, 0.05) is 16.1 Å². The molecule has 1 rings (SSSR count). The summed E-state index contributed by atoms with van der Waals surface area (Å²) in [6.07, 6.45) is 0. The van der Waals surface area contributed by atoms with Crippen LogP contribution in [0.4, 0.5) is 4.79 Å². The molecule has 0 saturated heterocycles. The van der Waals surface area contributed by atoms with Crippen LogP contribution in [0.1, 0.15) is 25.5 Å². The Morgan fingerprint density at radius 1 is 1.26 bits per heavy atom. The quantitative estimate of drug-likeness (QED) is 0.797. The molecule has 0 aliphatic heterocycles. The lowest BCUT2D eigenvalue weighted by molar-refractivity contribution is -0.121. The van der Waals surface area contributed by atoms with Crippen molar-refractivity contribution in [2.45, 2.75) is 25.9 Å². The third-order valence-corrected chi connectivity index (χ3v) is 3.13. The molecule has 0 unspecified atom stereocenters. The maximum absolute atomic E-state index is 11.5. The molecule has 19 heavy (non-hydrogen) atoms. The van der Waals surface area contributed by atoms with E-state index in [2.05, 4.69) is 5.32 Å². The minimum Gasteiger partial charge on any atom is -0.351 e. The maximum atomic E-state index is 11.5. The van der Waals surface area contributed by atoms with Crippen LogP contribution in [-0.4, -0.2) is 18.0 Å². The molecule has 0 heterocycles. The monoisotopic (exact) mass is 303 g/mol. The summed E-state index contributed by atoms with van der Waals surface area (Å²) in [4.78, 5) is 22.1. The van der Waals surface area contributed by atoms with Gasteiger partial charge in [-0.25, -0.2) is 4.79 Å². The molecule has 0 radical (unpaired) electrons. The molecule has 0 fully saturated rings. The van der Waals surface area contributed by atoms with Crippen LogP contribution in [0, 0.1) is 0 Å². The summed E-state index contributed by atoms with van der Waals surface area (Å²) in [5, 5.41) is 6.07. The molecule has 0 aromatic heterocycles. The van der Waals surface area contributed by atoms with Crippen molar-refractivity contribution in [2.24, 2.45) is 5.73 Å². The molecule has 0 aliphatic rings. The van der Waals surface area contributed by atoms with Crippen LogP contribution in [0.15, 0.2) is 18.2 Å². The first-order valence-corrected chi connectivity index (χ1v) is 6.38. The first-order chi connectivity index (χ1) is 8.81. The van der Waals surface area contributed by atoms with E-state index in [1.807, 2.05) is 12.2 Å². The van der Waals surface area contributed by atoms with Gasteiger partial charge in [0.15, 0.2) is 0 Å². The SMILES string of the molecule is C[C@@H](N[C@H](C)c1ccc(Cl)cc1Cl)C(=O)NC(N)=O. The summed E-state index contributed by atoms with van der Waals surface area (Å²) in [6, 6.07) is 3.48. The number of rotatable bonds is 4. The van der Waals surface area contributed by atoms with Gasteiger partial charge in [-0.15, -0.1) is 0 Å². The lowest BCUT2D eigenvalue weighted by atomic mass is 10.1. The predicted octanol–water partition coefficient (Wildman–Crippen LogP) is 2.23. The summed E-state index contributed by atoms with van der Waals surface area (Å²) in [5.41, 5.74) is 5.69. The number of hydrogen-bond donors (Lipinski definition) is 3. The van der Waals surface area contributed by atoms with Crippen molar-refractivity contribution >= 4 is 35.1 Å². The fraction of sp³-hybridized carbons (Fsp3) is 0.333. The first-order valence-electron chi connectivity index (χ1n) is 5.62. The molecule has 5 nitrogen and oxygen atoms in total. The number of primary amides is 1. The summed E-state index contributed by atoms with van der Waals surface area (Å²) in [7, 11) is 0.